The van der Waals surface area contributed by atoms with Crippen molar-refractivity contribution in [3.8, 4) is 11.3 Å². The van der Waals surface area contributed by atoms with E-state index >= 15 is 0 Å². The number of pyridine rings is 1. The van der Waals surface area contributed by atoms with Crippen molar-refractivity contribution in [2.45, 2.75) is 18.7 Å². The van der Waals surface area contributed by atoms with Crippen molar-refractivity contribution in [2.75, 3.05) is 26.2 Å². The maximum absolute atomic E-state index is 13.1. The molecular weight excluding hydrogens is 348 g/mol. The number of rotatable bonds is 3. The van der Waals surface area contributed by atoms with Gasteiger partial charge in [-0.05, 0) is 37.1 Å². The summed E-state index contributed by atoms with van der Waals surface area (Å²) in [5.74, 6) is 0. The number of aromatic nitrogens is 2. The fourth-order valence-corrected chi connectivity index (χ4v) is 5.05. The van der Waals surface area contributed by atoms with Crippen molar-refractivity contribution in [1.82, 2.24) is 19.0 Å². The van der Waals surface area contributed by atoms with Crippen LogP contribution in [0, 0.1) is 13.8 Å². The van der Waals surface area contributed by atoms with Gasteiger partial charge < -0.3 is 9.72 Å². The first kappa shape index (κ1) is 17.2. The highest BCUT2D eigenvalue weighted by molar-refractivity contribution is 7.89. The second-order valence-corrected chi connectivity index (χ2v) is 8.59. The third kappa shape index (κ3) is 2.92. The Morgan fingerprint density at radius 2 is 1.85 bits per heavy atom. The lowest BCUT2D eigenvalue weighted by atomic mass is 10.1. The molecule has 0 atom stereocenters. The second kappa shape index (κ2) is 6.50. The molecule has 0 saturated carbocycles. The Labute approximate surface area is 153 Å². The van der Waals surface area contributed by atoms with E-state index in [1.165, 1.54) is 0 Å². The summed E-state index contributed by atoms with van der Waals surface area (Å²) >= 11 is 0. The van der Waals surface area contributed by atoms with Gasteiger partial charge in [0.1, 0.15) is 5.65 Å². The molecule has 1 aromatic carbocycles. The Morgan fingerprint density at radius 3 is 2.58 bits per heavy atom. The summed E-state index contributed by atoms with van der Waals surface area (Å²) in [6.07, 6.45) is 3.89. The van der Waals surface area contributed by atoms with Crippen molar-refractivity contribution in [2.24, 2.45) is 0 Å². The summed E-state index contributed by atoms with van der Waals surface area (Å²) in [6, 6.07) is 9.54. The number of nitrogens with zero attached hydrogens (tertiary/aromatic N) is 3. The van der Waals surface area contributed by atoms with Gasteiger partial charge in [-0.15, -0.1) is 0 Å². The minimum Gasteiger partial charge on any atom is -0.314 e. The molecule has 4 rings (SSSR count). The van der Waals surface area contributed by atoms with Gasteiger partial charge in [-0.2, -0.15) is 4.31 Å². The topological polar surface area (TPSA) is 66.7 Å². The maximum Gasteiger partial charge on any atom is 0.243 e. The van der Waals surface area contributed by atoms with Crippen LogP contribution >= 0.6 is 0 Å². The van der Waals surface area contributed by atoms with E-state index in [1.54, 1.807) is 10.4 Å². The second-order valence-electron chi connectivity index (χ2n) is 6.68. The number of hydrogen-bond donors (Lipinski definition) is 1. The molecule has 2 aromatic heterocycles. The molecular formula is C19H22N4O2S. The summed E-state index contributed by atoms with van der Waals surface area (Å²) in [4.78, 5) is 5.06. The lowest BCUT2D eigenvalue weighted by molar-refractivity contribution is 0.360. The minimum absolute atomic E-state index is 0.366. The van der Waals surface area contributed by atoms with Crippen molar-refractivity contribution in [3.05, 3.63) is 53.9 Å². The molecule has 0 bridgehead atoms. The smallest absolute Gasteiger partial charge is 0.243 e. The zero-order valence-corrected chi connectivity index (χ0v) is 15.8. The van der Waals surface area contributed by atoms with Gasteiger partial charge >= 0.3 is 0 Å². The molecule has 0 unspecified atom stereocenters. The van der Waals surface area contributed by atoms with E-state index < -0.39 is 10.0 Å². The third-order valence-corrected chi connectivity index (χ3v) is 6.90. The molecule has 0 aliphatic carbocycles. The first-order chi connectivity index (χ1) is 12.5. The van der Waals surface area contributed by atoms with Gasteiger partial charge in [0, 0.05) is 44.1 Å². The lowest BCUT2D eigenvalue weighted by Gasteiger charge is -2.27. The van der Waals surface area contributed by atoms with Crippen LogP contribution in [-0.2, 0) is 10.0 Å². The average Bonchev–Trinajstić information content (AvgIpc) is 3.08. The normalized spacial score (nSPS) is 16.2. The van der Waals surface area contributed by atoms with Crippen LogP contribution in [0.15, 0.2) is 47.6 Å². The predicted octanol–water partition coefficient (Wildman–Crippen LogP) is 2.21. The monoisotopic (exact) mass is 370 g/mol. The van der Waals surface area contributed by atoms with Crippen LogP contribution in [0.1, 0.15) is 11.1 Å². The number of imidazole rings is 1. The minimum atomic E-state index is -3.50. The molecule has 26 heavy (non-hydrogen) atoms. The highest BCUT2D eigenvalue weighted by Gasteiger charge is 2.27. The highest BCUT2D eigenvalue weighted by atomic mass is 32.2. The van der Waals surface area contributed by atoms with Crippen LogP contribution in [-0.4, -0.2) is 48.3 Å². The number of hydrogen-bond acceptors (Lipinski definition) is 4. The largest absolute Gasteiger partial charge is 0.314 e. The average molecular weight is 370 g/mol. The van der Waals surface area contributed by atoms with Gasteiger partial charge in [0.15, 0.2) is 0 Å². The number of piperazine rings is 1. The quantitative estimate of drug-likeness (QED) is 0.768. The van der Waals surface area contributed by atoms with Gasteiger partial charge in [0.2, 0.25) is 10.0 Å². The molecule has 6 nitrogen and oxygen atoms in total. The van der Waals surface area contributed by atoms with E-state index in [4.69, 9.17) is 4.98 Å². The fourth-order valence-electron chi connectivity index (χ4n) is 3.35. The number of sulfonamides is 1. The molecule has 0 radical (unpaired) electrons. The molecule has 1 fully saturated rings. The summed E-state index contributed by atoms with van der Waals surface area (Å²) in [5, 5.41) is 3.19. The summed E-state index contributed by atoms with van der Waals surface area (Å²) in [7, 11) is -3.50. The summed E-state index contributed by atoms with van der Waals surface area (Å²) in [5.41, 5.74) is 4.31. The van der Waals surface area contributed by atoms with E-state index in [0.717, 1.165) is 28.0 Å². The van der Waals surface area contributed by atoms with E-state index in [2.05, 4.69) is 5.32 Å². The number of aryl methyl sites for hydroxylation is 2. The standard InChI is InChI=1S/C19H22N4O2S/c1-14-5-6-16(17-13-22-9-3-4-15(2)19(22)21-17)12-18(14)26(24,25)23-10-7-20-8-11-23/h3-6,9,12-13,20H,7-8,10-11H2,1-2H3. The van der Waals surface area contributed by atoms with Crippen LogP contribution < -0.4 is 5.32 Å². The molecule has 136 valence electrons. The lowest BCUT2D eigenvalue weighted by Crippen LogP contribution is -2.46. The molecule has 0 amide bonds. The molecule has 3 heterocycles. The van der Waals surface area contributed by atoms with Crippen molar-refractivity contribution >= 4 is 15.7 Å². The molecule has 1 aliphatic heterocycles. The molecule has 1 aliphatic rings. The van der Waals surface area contributed by atoms with Gasteiger partial charge in [0.25, 0.3) is 0 Å². The summed E-state index contributed by atoms with van der Waals surface area (Å²) < 4.78 is 29.7. The first-order valence-corrected chi connectivity index (χ1v) is 10.2. The van der Waals surface area contributed by atoms with E-state index in [-0.39, 0.29) is 0 Å². The van der Waals surface area contributed by atoms with Crippen molar-refractivity contribution < 1.29 is 8.42 Å². The van der Waals surface area contributed by atoms with Gasteiger partial charge in [-0.3, -0.25) is 0 Å². The number of benzene rings is 1. The van der Waals surface area contributed by atoms with E-state index in [0.29, 0.717) is 31.1 Å². The van der Waals surface area contributed by atoms with Gasteiger partial charge in [-0.25, -0.2) is 13.4 Å². The Hall–Kier alpha value is -2.22. The molecule has 0 spiro atoms. The number of fused-ring (bicyclic) bond motifs is 1. The Balaban J connectivity index is 1.79. The van der Waals surface area contributed by atoms with E-state index in [9.17, 15) is 8.42 Å². The molecule has 3 aromatic rings. The zero-order valence-electron chi connectivity index (χ0n) is 14.9. The highest BCUT2D eigenvalue weighted by Crippen LogP contribution is 2.27. The first-order valence-electron chi connectivity index (χ1n) is 8.73. The van der Waals surface area contributed by atoms with Crippen molar-refractivity contribution in [3.63, 3.8) is 0 Å². The maximum atomic E-state index is 13.1. The molecule has 1 saturated heterocycles. The van der Waals surface area contributed by atoms with Gasteiger partial charge in [-0.1, -0.05) is 18.2 Å². The SMILES string of the molecule is Cc1ccc(-c2cn3cccc(C)c3n2)cc1S(=O)(=O)N1CCNCC1. The van der Waals surface area contributed by atoms with Crippen LogP contribution in [0.25, 0.3) is 16.9 Å². The summed E-state index contributed by atoms with van der Waals surface area (Å²) in [6.45, 7) is 6.22. The fraction of sp³-hybridized carbons (Fsp3) is 0.316. The third-order valence-electron chi connectivity index (χ3n) is 4.86. The van der Waals surface area contributed by atoms with Crippen LogP contribution in [0.2, 0.25) is 0 Å². The zero-order chi connectivity index (χ0) is 18.3. The predicted molar refractivity (Wildman–Crippen MR) is 102 cm³/mol. The van der Waals surface area contributed by atoms with Gasteiger partial charge in [0.05, 0.1) is 10.6 Å². The van der Waals surface area contributed by atoms with Crippen LogP contribution in [0.5, 0.6) is 0 Å². The Kier molecular flexibility index (Phi) is 4.30. The molecule has 1 N–H and O–H groups in total. The molecule has 7 heteroatoms. The Morgan fingerprint density at radius 1 is 1.08 bits per heavy atom. The van der Waals surface area contributed by atoms with Crippen molar-refractivity contribution in [1.29, 1.82) is 0 Å². The van der Waals surface area contributed by atoms with Crippen LogP contribution in [0.4, 0.5) is 0 Å². The Bertz CT molecular complexity index is 1070. The van der Waals surface area contributed by atoms with Crippen LogP contribution in [0.3, 0.4) is 0 Å². The van der Waals surface area contributed by atoms with E-state index in [1.807, 2.05) is 54.9 Å². The number of nitrogens with one attached hydrogen (secondary N) is 1.